The van der Waals surface area contributed by atoms with Crippen LogP contribution in [0.1, 0.15) is 21.6 Å². The molecular formula is C25H18BrClN4O2S. The van der Waals surface area contributed by atoms with Gasteiger partial charge in [0.2, 0.25) is 4.96 Å². The molecule has 0 aliphatic rings. The molecule has 1 amide bonds. The lowest BCUT2D eigenvalue weighted by atomic mass is 10.1. The molecule has 0 bridgehead atoms. The van der Waals surface area contributed by atoms with Crippen LogP contribution in [-0.4, -0.2) is 20.5 Å². The summed E-state index contributed by atoms with van der Waals surface area (Å²) in [7, 11) is 0. The predicted molar refractivity (Wildman–Crippen MR) is 141 cm³/mol. The van der Waals surface area contributed by atoms with Crippen molar-refractivity contribution in [3.8, 4) is 11.3 Å². The molecule has 1 N–H and O–H groups in total. The number of carbonyl (C=O) groups excluding carboxylic acids is 1. The maximum atomic E-state index is 12.9. The largest absolute Gasteiger partial charge is 0.312 e. The summed E-state index contributed by atoms with van der Waals surface area (Å²) in [4.78, 5) is 30.3. The average Bonchev–Trinajstić information content (AvgIpc) is 3.17. The standard InChI is InChI=1S/C25H17BrN4O2S.ClH/c26-19-13-11-18(12-14-19)22(31)27-24-21(17-9-5-2-6-10-17)30-25(33-24)28-23(32)20(29-30)15-16-7-3-1-4-8-16;/h1-14H,15H2,(H,27,31);1H. The molecule has 5 rings (SSSR count). The van der Waals surface area contributed by atoms with Crippen LogP contribution in [0.5, 0.6) is 0 Å². The van der Waals surface area contributed by atoms with Gasteiger partial charge in [0, 0.05) is 22.0 Å². The number of amides is 1. The predicted octanol–water partition coefficient (Wildman–Crippen LogP) is 5.85. The topological polar surface area (TPSA) is 76.4 Å². The summed E-state index contributed by atoms with van der Waals surface area (Å²) in [6, 6.07) is 26.4. The fourth-order valence-electron chi connectivity index (χ4n) is 3.46. The molecule has 0 unspecified atom stereocenters. The zero-order valence-corrected chi connectivity index (χ0v) is 20.9. The number of fused-ring (bicyclic) bond motifs is 1. The van der Waals surface area contributed by atoms with E-state index in [9.17, 15) is 9.59 Å². The maximum Gasteiger partial charge on any atom is 0.296 e. The number of nitrogens with zero attached hydrogens (tertiary/aromatic N) is 3. The van der Waals surface area contributed by atoms with Gasteiger partial charge in [-0.15, -0.1) is 12.4 Å². The highest BCUT2D eigenvalue weighted by Gasteiger charge is 2.20. The van der Waals surface area contributed by atoms with E-state index in [0.29, 0.717) is 33.3 Å². The zero-order chi connectivity index (χ0) is 22.8. The quantitative estimate of drug-likeness (QED) is 0.296. The van der Waals surface area contributed by atoms with Crippen LogP contribution in [-0.2, 0) is 6.42 Å². The van der Waals surface area contributed by atoms with Crippen molar-refractivity contribution in [3.05, 3.63) is 117 Å². The second kappa shape index (κ2) is 10.3. The van der Waals surface area contributed by atoms with Gasteiger partial charge in [-0.3, -0.25) is 9.59 Å². The summed E-state index contributed by atoms with van der Waals surface area (Å²) in [5.74, 6) is -0.251. The first kappa shape index (κ1) is 23.8. The minimum atomic E-state index is -0.370. The highest BCUT2D eigenvalue weighted by atomic mass is 79.9. The Balaban J connectivity index is 0.00000274. The van der Waals surface area contributed by atoms with E-state index in [4.69, 9.17) is 0 Å². The average molecular weight is 554 g/mol. The number of nitrogens with one attached hydrogen (secondary N) is 1. The number of aromatic nitrogens is 3. The SMILES string of the molecule is Cl.O=C(Nc1sc2nc(=O)c(Cc3ccccc3)nn2c1-c1ccccc1)c1ccc(Br)cc1. The number of anilines is 1. The van der Waals surface area contributed by atoms with Gasteiger partial charge in [0.15, 0.2) is 0 Å². The van der Waals surface area contributed by atoms with E-state index >= 15 is 0 Å². The van der Waals surface area contributed by atoms with E-state index in [1.54, 1.807) is 16.6 Å². The van der Waals surface area contributed by atoms with Crippen molar-refractivity contribution in [2.24, 2.45) is 0 Å². The molecule has 0 atom stereocenters. The molecule has 9 heteroatoms. The van der Waals surface area contributed by atoms with E-state index in [1.165, 1.54) is 11.3 Å². The molecule has 0 aliphatic carbocycles. The van der Waals surface area contributed by atoms with Gasteiger partial charge in [-0.25, -0.2) is 4.52 Å². The van der Waals surface area contributed by atoms with Gasteiger partial charge in [-0.1, -0.05) is 87.9 Å². The molecule has 34 heavy (non-hydrogen) atoms. The highest BCUT2D eigenvalue weighted by Crippen LogP contribution is 2.35. The van der Waals surface area contributed by atoms with Crippen molar-refractivity contribution in [3.63, 3.8) is 0 Å². The summed E-state index contributed by atoms with van der Waals surface area (Å²) >= 11 is 4.61. The summed E-state index contributed by atoms with van der Waals surface area (Å²) in [5, 5.41) is 8.21. The lowest BCUT2D eigenvalue weighted by molar-refractivity contribution is 0.102. The third-order valence-electron chi connectivity index (χ3n) is 5.06. The minimum Gasteiger partial charge on any atom is -0.312 e. The number of hydrogen-bond donors (Lipinski definition) is 1. The fourth-order valence-corrected chi connectivity index (χ4v) is 4.70. The van der Waals surface area contributed by atoms with Crippen LogP contribution in [0.2, 0.25) is 0 Å². The number of benzene rings is 3. The van der Waals surface area contributed by atoms with Gasteiger partial charge in [-0.05, 0) is 29.8 Å². The molecule has 2 heterocycles. The van der Waals surface area contributed by atoms with E-state index < -0.39 is 0 Å². The van der Waals surface area contributed by atoms with Crippen molar-refractivity contribution in [2.75, 3.05) is 5.32 Å². The summed E-state index contributed by atoms with van der Waals surface area (Å²) in [5.41, 5.74) is 3.02. The minimum absolute atomic E-state index is 0. The molecule has 0 radical (unpaired) electrons. The first-order valence-corrected chi connectivity index (χ1v) is 11.8. The maximum absolute atomic E-state index is 12.9. The van der Waals surface area contributed by atoms with Crippen molar-refractivity contribution in [2.45, 2.75) is 6.42 Å². The second-order valence-corrected chi connectivity index (χ2v) is 9.22. The van der Waals surface area contributed by atoms with Crippen molar-refractivity contribution in [1.82, 2.24) is 14.6 Å². The molecule has 0 saturated heterocycles. The Morgan fingerprint density at radius 3 is 2.26 bits per heavy atom. The van der Waals surface area contributed by atoms with Gasteiger partial charge in [0.1, 0.15) is 16.4 Å². The molecule has 0 aliphatic heterocycles. The van der Waals surface area contributed by atoms with Crippen LogP contribution < -0.4 is 10.9 Å². The van der Waals surface area contributed by atoms with Crippen molar-refractivity contribution >= 4 is 55.5 Å². The molecule has 2 aromatic heterocycles. The molecule has 3 aromatic carbocycles. The Kier molecular flexibility index (Phi) is 7.21. The highest BCUT2D eigenvalue weighted by molar-refractivity contribution is 9.10. The second-order valence-electron chi connectivity index (χ2n) is 7.33. The van der Waals surface area contributed by atoms with E-state index in [1.807, 2.05) is 72.8 Å². The van der Waals surface area contributed by atoms with E-state index in [2.05, 4.69) is 31.3 Å². The van der Waals surface area contributed by atoms with Crippen LogP contribution in [0, 0.1) is 0 Å². The Morgan fingerprint density at radius 1 is 0.941 bits per heavy atom. The first-order valence-electron chi connectivity index (χ1n) is 10.2. The van der Waals surface area contributed by atoms with Gasteiger partial charge in [0.05, 0.1) is 0 Å². The Labute approximate surface area is 213 Å². The molecule has 0 spiro atoms. The zero-order valence-electron chi connectivity index (χ0n) is 17.6. The molecular weight excluding hydrogens is 536 g/mol. The number of thiazole rings is 1. The molecule has 170 valence electrons. The van der Waals surface area contributed by atoms with Crippen LogP contribution in [0.4, 0.5) is 5.00 Å². The molecule has 0 saturated carbocycles. The lowest BCUT2D eigenvalue weighted by Gasteiger charge is -2.08. The third-order valence-corrected chi connectivity index (χ3v) is 6.54. The van der Waals surface area contributed by atoms with E-state index in [-0.39, 0.29) is 23.9 Å². The van der Waals surface area contributed by atoms with Crippen LogP contribution >= 0.6 is 39.7 Å². The Bertz CT molecular complexity index is 1500. The number of halogens is 2. The van der Waals surface area contributed by atoms with Gasteiger partial charge in [-0.2, -0.15) is 10.1 Å². The molecule has 0 fully saturated rings. The first-order chi connectivity index (χ1) is 16.1. The Hall–Kier alpha value is -3.33. The molecule has 5 aromatic rings. The Morgan fingerprint density at radius 2 is 1.59 bits per heavy atom. The van der Waals surface area contributed by atoms with Crippen LogP contribution in [0.3, 0.4) is 0 Å². The van der Waals surface area contributed by atoms with E-state index in [0.717, 1.165) is 15.6 Å². The number of rotatable bonds is 5. The van der Waals surface area contributed by atoms with Crippen molar-refractivity contribution < 1.29 is 4.79 Å². The van der Waals surface area contributed by atoms with Gasteiger partial charge < -0.3 is 5.32 Å². The van der Waals surface area contributed by atoms with Gasteiger partial charge >= 0.3 is 0 Å². The summed E-state index contributed by atoms with van der Waals surface area (Å²) in [6.45, 7) is 0. The third kappa shape index (κ3) is 4.94. The lowest BCUT2D eigenvalue weighted by Crippen LogP contribution is -2.18. The fraction of sp³-hybridized carbons (Fsp3) is 0.0400. The normalized spacial score (nSPS) is 10.6. The van der Waals surface area contributed by atoms with Crippen LogP contribution in [0.25, 0.3) is 16.2 Å². The smallest absolute Gasteiger partial charge is 0.296 e. The monoisotopic (exact) mass is 552 g/mol. The van der Waals surface area contributed by atoms with Crippen LogP contribution in [0.15, 0.2) is 94.2 Å². The summed E-state index contributed by atoms with van der Waals surface area (Å²) < 4.78 is 2.54. The summed E-state index contributed by atoms with van der Waals surface area (Å²) in [6.07, 6.45) is 0.375. The molecule has 6 nitrogen and oxygen atoms in total. The number of carbonyl (C=O) groups is 1. The number of hydrogen-bond acceptors (Lipinski definition) is 5. The van der Waals surface area contributed by atoms with Gasteiger partial charge in [0.25, 0.3) is 11.5 Å². The van der Waals surface area contributed by atoms with Crippen molar-refractivity contribution in [1.29, 1.82) is 0 Å².